The summed E-state index contributed by atoms with van der Waals surface area (Å²) in [6, 6.07) is 10.1. The lowest BCUT2D eigenvalue weighted by Gasteiger charge is -2.29. The van der Waals surface area contributed by atoms with Crippen molar-refractivity contribution in [2.75, 3.05) is 26.4 Å². The summed E-state index contributed by atoms with van der Waals surface area (Å²) in [5.74, 6) is 0.708. The molecule has 0 fully saturated rings. The van der Waals surface area contributed by atoms with Gasteiger partial charge in [-0.3, -0.25) is 4.79 Å². The van der Waals surface area contributed by atoms with Crippen LogP contribution < -0.4 is 4.74 Å². The third-order valence-corrected chi connectivity index (χ3v) is 7.49. The summed E-state index contributed by atoms with van der Waals surface area (Å²) in [7, 11) is -2.64. The number of hydrogen-bond donors (Lipinski definition) is 0. The van der Waals surface area contributed by atoms with Crippen molar-refractivity contribution in [3.63, 3.8) is 0 Å². The van der Waals surface area contributed by atoms with E-state index in [2.05, 4.69) is 0 Å². The van der Waals surface area contributed by atoms with Crippen molar-refractivity contribution in [1.82, 2.24) is 0 Å². The number of para-hydroxylation sites is 1. The molecule has 25 heavy (non-hydrogen) atoms. The van der Waals surface area contributed by atoms with E-state index in [1.807, 2.05) is 58.0 Å². The predicted octanol–water partition coefficient (Wildman–Crippen LogP) is 4.15. The third-order valence-electron chi connectivity index (χ3n) is 3.38. The van der Waals surface area contributed by atoms with E-state index in [0.29, 0.717) is 31.6 Å². The van der Waals surface area contributed by atoms with Crippen LogP contribution in [0.2, 0.25) is 6.04 Å². The summed E-state index contributed by atoms with van der Waals surface area (Å²) < 4.78 is 23.0. The summed E-state index contributed by atoms with van der Waals surface area (Å²) in [5, 5.41) is 0.174. The molecule has 0 radical (unpaired) electrons. The maximum absolute atomic E-state index is 12.1. The van der Waals surface area contributed by atoms with E-state index >= 15 is 0 Å². The first kappa shape index (κ1) is 22.2. The Morgan fingerprint density at radius 1 is 1.04 bits per heavy atom. The van der Waals surface area contributed by atoms with E-state index in [-0.39, 0.29) is 17.0 Å². The Morgan fingerprint density at radius 3 is 2.12 bits per heavy atom. The van der Waals surface area contributed by atoms with Crippen LogP contribution in [0, 0.1) is 0 Å². The van der Waals surface area contributed by atoms with Crippen LogP contribution in [0.25, 0.3) is 0 Å². The SMILES string of the molecule is CCO[Si](CCC(C)SC(=O)COc1ccccc1)(OCC)OCC. The lowest BCUT2D eigenvalue weighted by Crippen LogP contribution is -2.46. The van der Waals surface area contributed by atoms with Gasteiger partial charge < -0.3 is 18.0 Å². The number of hydrogen-bond acceptors (Lipinski definition) is 6. The molecule has 0 aliphatic heterocycles. The molecule has 1 aromatic carbocycles. The van der Waals surface area contributed by atoms with Gasteiger partial charge in [-0.25, -0.2) is 0 Å². The van der Waals surface area contributed by atoms with Crippen LogP contribution in [0.1, 0.15) is 34.1 Å². The second kappa shape index (κ2) is 12.5. The molecule has 1 atom stereocenters. The number of rotatable bonds is 13. The van der Waals surface area contributed by atoms with Gasteiger partial charge >= 0.3 is 8.80 Å². The molecule has 1 rings (SSSR count). The van der Waals surface area contributed by atoms with Gasteiger partial charge in [-0.1, -0.05) is 36.9 Å². The largest absolute Gasteiger partial charge is 0.500 e. The highest BCUT2D eigenvalue weighted by molar-refractivity contribution is 8.14. The highest BCUT2D eigenvalue weighted by Crippen LogP contribution is 2.24. The Morgan fingerprint density at radius 2 is 1.60 bits per heavy atom. The second-order valence-corrected chi connectivity index (χ2v) is 9.65. The molecule has 1 unspecified atom stereocenters. The molecule has 1 aromatic rings. The van der Waals surface area contributed by atoms with Gasteiger partial charge in [0, 0.05) is 31.1 Å². The van der Waals surface area contributed by atoms with Gasteiger partial charge in [-0.15, -0.1) is 0 Å². The standard InChI is InChI=1S/C18H30O5SSi/c1-5-21-25(22-6-2,23-7-3)14-13-16(4)24-18(19)15-20-17-11-9-8-10-12-17/h8-12,16H,5-7,13-15H2,1-4H3. The van der Waals surface area contributed by atoms with Gasteiger partial charge in [0.25, 0.3) is 0 Å². The molecule has 0 aliphatic rings. The molecule has 0 heterocycles. The van der Waals surface area contributed by atoms with E-state index in [0.717, 1.165) is 6.42 Å². The molecule has 0 saturated carbocycles. The summed E-state index contributed by atoms with van der Waals surface area (Å²) >= 11 is 1.31. The molecule has 5 nitrogen and oxygen atoms in total. The Bertz CT molecular complexity index is 469. The quantitative estimate of drug-likeness (QED) is 0.475. The average molecular weight is 387 g/mol. The Hall–Kier alpha value is -0.863. The highest BCUT2D eigenvalue weighted by atomic mass is 32.2. The maximum Gasteiger partial charge on any atom is 0.500 e. The zero-order valence-corrected chi connectivity index (χ0v) is 17.5. The normalized spacial score (nSPS) is 12.8. The van der Waals surface area contributed by atoms with Gasteiger partial charge in [0.2, 0.25) is 5.12 Å². The first-order valence-corrected chi connectivity index (χ1v) is 11.7. The Balaban J connectivity index is 2.42. The van der Waals surface area contributed by atoms with Crippen molar-refractivity contribution in [3.8, 4) is 5.75 Å². The molecule has 0 aliphatic carbocycles. The van der Waals surface area contributed by atoms with Crippen LogP contribution in [0.5, 0.6) is 5.75 Å². The van der Waals surface area contributed by atoms with Crippen molar-refractivity contribution in [2.45, 2.75) is 45.4 Å². The van der Waals surface area contributed by atoms with E-state index in [9.17, 15) is 4.79 Å². The van der Waals surface area contributed by atoms with Crippen LogP contribution in [0.15, 0.2) is 30.3 Å². The number of carbonyl (C=O) groups is 1. The van der Waals surface area contributed by atoms with Crippen molar-refractivity contribution in [2.24, 2.45) is 0 Å². The highest BCUT2D eigenvalue weighted by Gasteiger charge is 2.40. The Labute approximate surface area is 156 Å². The number of carbonyl (C=O) groups excluding carboxylic acids is 1. The minimum Gasteiger partial charge on any atom is -0.485 e. The summed E-state index contributed by atoms with van der Waals surface area (Å²) in [6.07, 6.45) is 0.800. The van der Waals surface area contributed by atoms with Crippen LogP contribution in [-0.4, -0.2) is 45.6 Å². The van der Waals surface area contributed by atoms with Crippen LogP contribution >= 0.6 is 11.8 Å². The molecular weight excluding hydrogens is 356 g/mol. The number of ether oxygens (including phenoxy) is 1. The molecule has 0 saturated heterocycles. The Kier molecular flexibility index (Phi) is 11.1. The lowest BCUT2D eigenvalue weighted by atomic mass is 10.3. The van der Waals surface area contributed by atoms with Crippen molar-refractivity contribution >= 4 is 25.7 Å². The van der Waals surface area contributed by atoms with Crippen molar-refractivity contribution < 1.29 is 22.8 Å². The van der Waals surface area contributed by atoms with E-state index in [1.165, 1.54) is 11.8 Å². The third kappa shape index (κ3) is 8.87. The van der Waals surface area contributed by atoms with Gasteiger partial charge in [0.1, 0.15) is 5.75 Å². The van der Waals surface area contributed by atoms with E-state index in [4.69, 9.17) is 18.0 Å². The lowest BCUT2D eigenvalue weighted by molar-refractivity contribution is -0.112. The summed E-state index contributed by atoms with van der Waals surface area (Å²) in [6.45, 7) is 9.65. The van der Waals surface area contributed by atoms with Gasteiger partial charge in [-0.05, 0) is 39.3 Å². The second-order valence-electron chi connectivity index (χ2n) is 5.42. The number of thioether (sulfide) groups is 1. The zero-order chi connectivity index (χ0) is 18.5. The van der Waals surface area contributed by atoms with Gasteiger partial charge in [0.05, 0.1) is 0 Å². The predicted molar refractivity (Wildman–Crippen MR) is 104 cm³/mol. The van der Waals surface area contributed by atoms with Gasteiger partial charge in [-0.2, -0.15) is 0 Å². The molecule has 0 amide bonds. The van der Waals surface area contributed by atoms with E-state index < -0.39 is 8.80 Å². The molecule has 0 N–H and O–H groups in total. The monoisotopic (exact) mass is 386 g/mol. The molecule has 0 aromatic heterocycles. The molecule has 142 valence electrons. The average Bonchev–Trinajstić information content (AvgIpc) is 2.60. The molecule has 7 heteroatoms. The zero-order valence-electron chi connectivity index (χ0n) is 15.7. The topological polar surface area (TPSA) is 54.0 Å². The minimum absolute atomic E-state index is 0.0212. The molecule has 0 bridgehead atoms. The first-order valence-electron chi connectivity index (χ1n) is 8.84. The maximum atomic E-state index is 12.1. The van der Waals surface area contributed by atoms with Gasteiger partial charge in [0.15, 0.2) is 6.61 Å². The molecule has 0 spiro atoms. The smallest absolute Gasteiger partial charge is 0.485 e. The number of benzene rings is 1. The summed E-state index contributed by atoms with van der Waals surface area (Å²) in [4.78, 5) is 12.1. The van der Waals surface area contributed by atoms with Crippen LogP contribution in [0.4, 0.5) is 0 Å². The van der Waals surface area contributed by atoms with Crippen molar-refractivity contribution in [1.29, 1.82) is 0 Å². The van der Waals surface area contributed by atoms with Crippen LogP contribution in [-0.2, 0) is 18.1 Å². The van der Waals surface area contributed by atoms with Crippen LogP contribution in [0.3, 0.4) is 0 Å². The van der Waals surface area contributed by atoms with E-state index in [1.54, 1.807) is 0 Å². The fourth-order valence-corrected chi connectivity index (χ4v) is 6.17. The fraction of sp³-hybridized carbons (Fsp3) is 0.611. The first-order chi connectivity index (χ1) is 12.0. The minimum atomic E-state index is -2.64. The fourth-order valence-electron chi connectivity index (χ4n) is 2.36. The summed E-state index contributed by atoms with van der Waals surface area (Å²) in [5.41, 5.74) is 0. The van der Waals surface area contributed by atoms with Crippen molar-refractivity contribution in [3.05, 3.63) is 30.3 Å². The molecular formula is C18H30O5SSi.